The van der Waals surface area contributed by atoms with Crippen molar-refractivity contribution in [1.29, 1.82) is 0 Å². The lowest BCUT2D eigenvalue weighted by molar-refractivity contribution is -0.143. The second-order valence-electron chi connectivity index (χ2n) is 4.73. The van der Waals surface area contributed by atoms with Crippen LogP contribution in [0.3, 0.4) is 0 Å². The fourth-order valence-corrected chi connectivity index (χ4v) is 4.86. The van der Waals surface area contributed by atoms with Crippen LogP contribution in [-0.4, -0.2) is 27.8 Å². The lowest BCUT2D eigenvalue weighted by Crippen LogP contribution is -2.04. The van der Waals surface area contributed by atoms with Crippen LogP contribution in [0.4, 0.5) is 0 Å². The Labute approximate surface area is 152 Å². The smallest absolute Gasteiger partial charge is 0.306 e. The second-order valence-corrected chi connectivity index (χ2v) is 8.15. The van der Waals surface area contributed by atoms with Gasteiger partial charge in [-0.05, 0) is 18.7 Å². The fraction of sp³-hybridized carbons (Fsp3) is 0.250. The number of esters is 1. The first kappa shape index (κ1) is 17.1. The molecule has 0 saturated carbocycles. The van der Waals surface area contributed by atoms with Crippen LogP contribution in [0.5, 0.6) is 0 Å². The summed E-state index contributed by atoms with van der Waals surface area (Å²) in [5.41, 5.74) is 2.07. The summed E-state index contributed by atoms with van der Waals surface area (Å²) in [4.78, 5) is 16.0. The lowest BCUT2D eigenvalue weighted by Gasteiger charge is -1.98. The van der Waals surface area contributed by atoms with Gasteiger partial charge >= 0.3 is 5.97 Å². The Balaban J connectivity index is 1.59. The number of hydrogen-bond acceptors (Lipinski definition) is 8. The molecule has 0 radical (unpaired) electrons. The van der Waals surface area contributed by atoms with E-state index in [2.05, 4.69) is 15.2 Å². The van der Waals surface area contributed by atoms with E-state index in [0.717, 1.165) is 24.9 Å². The van der Waals surface area contributed by atoms with Crippen LogP contribution in [0.15, 0.2) is 44.4 Å². The second kappa shape index (κ2) is 8.36. The monoisotopic (exact) mass is 377 g/mol. The van der Waals surface area contributed by atoms with Crippen molar-refractivity contribution in [3.63, 3.8) is 0 Å². The van der Waals surface area contributed by atoms with E-state index in [4.69, 9.17) is 4.74 Å². The van der Waals surface area contributed by atoms with Gasteiger partial charge in [-0.3, -0.25) is 4.79 Å². The molecule has 2 aromatic heterocycles. The summed E-state index contributed by atoms with van der Waals surface area (Å²) in [5.74, 6) is -0.200. The average molecular weight is 378 g/mol. The first-order chi connectivity index (χ1) is 11.7. The van der Waals surface area contributed by atoms with Crippen LogP contribution in [0.25, 0.3) is 11.3 Å². The Hall–Kier alpha value is -1.77. The number of aryl methyl sites for hydroxylation is 1. The third kappa shape index (κ3) is 4.62. The van der Waals surface area contributed by atoms with Crippen LogP contribution < -0.4 is 0 Å². The molecular formula is C16H15N3O2S3. The zero-order valence-corrected chi connectivity index (χ0v) is 15.4. The highest BCUT2D eigenvalue weighted by atomic mass is 32.2. The van der Waals surface area contributed by atoms with Gasteiger partial charge in [-0.2, -0.15) is 0 Å². The Kier molecular flexibility index (Phi) is 5.95. The SMILES string of the molecule is CCOC(=O)CCc1nnc(Sc2nc(-c3ccccc3)cs2)s1. The standard InChI is InChI=1S/C16H15N3O2S3/c1-2-21-14(20)9-8-13-18-19-16(23-13)24-15-17-12(10-22-15)11-6-4-3-5-7-11/h3-7,10H,2,8-9H2,1H3. The molecule has 0 amide bonds. The summed E-state index contributed by atoms with van der Waals surface area (Å²) in [6.45, 7) is 2.21. The molecule has 0 saturated heterocycles. The summed E-state index contributed by atoms with van der Waals surface area (Å²) in [7, 11) is 0. The molecule has 3 rings (SSSR count). The third-order valence-electron chi connectivity index (χ3n) is 3.02. The predicted octanol–water partition coefficient (Wildman–Crippen LogP) is 4.31. The zero-order valence-electron chi connectivity index (χ0n) is 13.0. The molecule has 0 bridgehead atoms. The molecular weight excluding hydrogens is 362 g/mol. The normalized spacial score (nSPS) is 10.7. The van der Waals surface area contributed by atoms with E-state index in [1.807, 2.05) is 35.7 Å². The largest absolute Gasteiger partial charge is 0.466 e. The molecule has 8 heteroatoms. The van der Waals surface area contributed by atoms with E-state index in [1.165, 1.54) is 23.1 Å². The molecule has 0 N–H and O–H groups in total. The van der Waals surface area contributed by atoms with Crippen molar-refractivity contribution in [2.75, 3.05) is 6.61 Å². The van der Waals surface area contributed by atoms with Crippen molar-refractivity contribution in [3.8, 4) is 11.3 Å². The molecule has 24 heavy (non-hydrogen) atoms. The van der Waals surface area contributed by atoms with Gasteiger partial charge in [0.1, 0.15) is 5.01 Å². The predicted molar refractivity (Wildman–Crippen MR) is 96.5 cm³/mol. The molecule has 0 fully saturated rings. The van der Waals surface area contributed by atoms with Crippen molar-refractivity contribution < 1.29 is 9.53 Å². The lowest BCUT2D eigenvalue weighted by atomic mass is 10.2. The Morgan fingerprint density at radius 2 is 2.04 bits per heavy atom. The molecule has 0 unspecified atom stereocenters. The summed E-state index contributed by atoms with van der Waals surface area (Å²) >= 11 is 4.59. The molecule has 124 valence electrons. The van der Waals surface area contributed by atoms with Crippen molar-refractivity contribution in [3.05, 3.63) is 40.7 Å². The summed E-state index contributed by atoms with van der Waals surface area (Å²) < 4.78 is 6.68. The number of benzene rings is 1. The Morgan fingerprint density at radius 1 is 1.21 bits per heavy atom. The van der Waals surface area contributed by atoms with E-state index in [0.29, 0.717) is 19.4 Å². The summed E-state index contributed by atoms with van der Waals surface area (Å²) in [6.07, 6.45) is 0.896. The van der Waals surface area contributed by atoms with Gasteiger partial charge in [0, 0.05) is 17.4 Å². The van der Waals surface area contributed by atoms with E-state index in [-0.39, 0.29) is 5.97 Å². The van der Waals surface area contributed by atoms with E-state index >= 15 is 0 Å². The van der Waals surface area contributed by atoms with Gasteiger partial charge in [0.15, 0.2) is 8.68 Å². The third-order valence-corrected chi connectivity index (χ3v) is 6.00. The molecule has 2 heterocycles. The quantitative estimate of drug-likeness (QED) is 0.572. The van der Waals surface area contributed by atoms with Gasteiger partial charge in [-0.15, -0.1) is 21.5 Å². The average Bonchev–Trinajstić information content (AvgIpc) is 3.24. The number of rotatable bonds is 7. The number of thiazole rings is 1. The Bertz CT molecular complexity index is 802. The maximum atomic E-state index is 11.4. The van der Waals surface area contributed by atoms with Crippen LogP contribution >= 0.6 is 34.4 Å². The molecule has 3 aromatic rings. The van der Waals surface area contributed by atoms with Gasteiger partial charge in [0.05, 0.1) is 18.7 Å². The molecule has 0 aliphatic rings. The minimum absolute atomic E-state index is 0.200. The van der Waals surface area contributed by atoms with E-state index < -0.39 is 0 Å². The van der Waals surface area contributed by atoms with Gasteiger partial charge < -0.3 is 4.74 Å². The fourth-order valence-electron chi connectivity index (χ4n) is 1.94. The molecule has 0 atom stereocenters. The summed E-state index contributed by atoms with van der Waals surface area (Å²) in [5, 5.41) is 11.2. The highest BCUT2D eigenvalue weighted by molar-refractivity contribution is 8.02. The minimum atomic E-state index is -0.200. The van der Waals surface area contributed by atoms with Gasteiger partial charge in [0.2, 0.25) is 0 Å². The highest BCUT2D eigenvalue weighted by Crippen LogP contribution is 2.34. The molecule has 0 aliphatic heterocycles. The van der Waals surface area contributed by atoms with Crippen LogP contribution in [-0.2, 0) is 16.0 Å². The van der Waals surface area contributed by atoms with Gasteiger partial charge in [-0.1, -0.05) is 41.7 Å². The van der Waals surface area contributed by atoms with Crippen LogP contribution in [0, 0.1) is 0 Å². The first-order valence-electron chi connectivity index (χ1n) is 7.41. The number of hydrogen-bond donors (Lipinski definition) is 0. The maximum Gasteiger partial charge on any atom is 0.306 e. The number of nitrogens with zero attached hydrogens (tertiary/aromatic N) is 3. The topological polar surface area (TPSA) is 65.0 Å². The molecule has 1 aromatic carbocycles. The minimum Gasteiger partial charge on any atom is -0.466 e. The maximum absolute atomic E-state index is 11.4. The number of carbonyl (C=O) groups excluding carboxylic acids is 1. The highest BCUT2D eigenvalue weighted by Gasteiger charge is 2.11. The number of ether oxygens (including phenoxy) is 1. The number of aromatic nitrogens is 3. The molecule has 5 nitrogen and oxygen atoms in total. The van der Waals surface area contributed by atoms with Crippen molar-refractivity contribution >= 4 is 40.4 Å². The molecule has 0 spiro atoms. The van der Waals surface area contributed by atoms with E-state index in [1.54, 1.807) is 18.3 Å². The Morgan fingerprint density at radius 3 is 2.83 bits per heavy atom. The van der Waals surface area contributed by atoms with Crippen molar-refractivity contribution in [1.82, 2.24) is 15.2 Å². The zero-order chi connectivity index (χ0) is 16.8. The van der Waals surface area contributed by atoms with Gasteiger partial charge in [-0.25, -0.2) is 4.98 Å². The van der Waals surface area contributed by atoms with Crippen LogP contribution in [0.2, 0.25) is 0 Å². The summed E-state index contributed by atoms with van der Waals surface area (Å²) in [6, 6.07) is 10.1. The van der Waals surface area contributed by atoms with E-state index in [9.17, 15) is 4.79 Å². The first-order valence-corrected chi connectivity index (χ1v) is 9.92. The van der Waals surface area contributed by atoms with Crippen molar-refractivity contribution in [2.45, 2.75) is 28.4 Å². The van der Waals surface area contributed by atoms with Gasteiger partial charge in [0.25, 0.3) is 0 Å². The molecule has 0 aliphatic carbocycles. The van der Waals surface area contributed by atoms with Crippen molar-refractivity contribution in [2.24, 2.45) is 0 Å². The van der Waals surface area contributed by atoms with Crippen LogP contribution in [0.1, 0.15) is 18.4 Å². The number of carbonyl (C=O) groups is 1.